The van der Waals surface area contributed by atoms with Crippen molar-refractivity contribution in [2.45, 2.75) is 76.0 Å². The Morgan fingerprint density at radius 2 is 2.11 bits per heavy atom. The minimum Gasteiger partial charge on any atom is -0.314 e. The Bertz CT molecular complexity index is 258. The van der Waals surface area contributed by atoms with Gasteiger partial charge in [0, 0.05) is 37.3 Å². The first-order valence-corrected chi connectivity index (χ1v) is 8.05. The monoisotopic (exact) mass is 251 g/mol. The van der Waals surface area contributed by atoms with Crippen molar-refractivity contribution in [1.29, 1.82) is 0 Å². The molecule has 0 aromatic heterocycles. The van der Waals surface area contributed by atoms with Gasteiger partial charge in [-0.2, -0.15) is 0 Å². The average Bonchev–Trinajstić information content (AvgIpc) is 3.12. The van der Waals surface area contributed by atoms with E-state index < -0.39 is 0 Å². The lowest BCUT2D eigenvalue weighted by molar-refractivity contribution is 0.300. The summed E-state index contributed by atoms with van der Waals surface area (Å²) < 4.78 is 0. The van der Waals surface area contributed by atoms with Crippen molar-refractivity contribution in [1.82, 2.24) is 15.5 Å². The molecule has 0 spiro atoms. The number of likely N-dealkylation sites (tertiary alicyclic amines) is 1. The second-order valence-corrected chi connectivity index (χ2v) is 6.66. The van der Waals surface area contributed by atoms with Crippen molar-refractivity contribution in [3.8, 4) is 0 Å². The van der Waals surface area contributed by atoms with Gasteiger partial charge in [0.25, 0.3) is 0 Å². The fourth-order valence-electron chi connectivity index (χ4n) is 3.72. The second kappa shape index (κ2) is 5.89. The molecule has 0 aromatic rings. The van der Waals surface area contributed by atoms with Crippen molar-refractivity contribution in [2.24, 2.45) is 0 Å². The van der Waals surface area contributed by atoms with E-state index in [1.165, 1.54) is 64.6 Å². The van der Waals surface area contributed by atoms with Crippen LogP contribution in [0.1, 0.15) is 51.9 Å². The van der Waals surface area contributed by atoms with E-state index in [2.05, 4.69) is 22.5 Å². The van der Waals surface area contributed by atoms with Gasteiger partial charge in [-0.15, -0.1) is 0 Å². The predicted octanol–water partition coefficient (Wildman–Crippen LogP) is 1.73. The predicted molar refractivity (Wildman–Crippen MR) is 75.9 cm³/mol. The molecule has 0 radical (unpaired) electrons. The molecule has 2 heterocycles. The summed E-state index contributed by atoms with van der Waals surface area (Å²) in [5, 5.41) is 7.52. The number of hydrogen-bond donors (Lipinski definition) is 2. The van der Waals surface area contributed by atoms with Crippen molar-refractivity contribution < 1.29 is 0 Å². The molecule has 0 aromatic carbocycles. The molecule has 2 saturated heterocycles. The van der Waals surface area contributed by atoms with Crippen LogP contribution in [0.15, 0.2) is 0 Å². The molecule has 3 nitrogen and oxygen atoms in total. The van der Waals surface area contributed by atoms with Gasteiger partial charge in [0.2, 0.25) is 0 Å². The number of rotatable bonds is 5. The molecule has 3 rings (SSSR count). The van der Waals surface area contributed by atoms with Gasteiger partial charge in [-0.05, 0) is 52.0 Å². The van der Waals surface area contributed by atoms with Crippen LogP contribution in [0.4, 0.5) is 0 Å². The highest BCUT2D eigenvalue weighted by atomic mass is 15.2. The van der Waals surface area contributed by atoms with Crippen LogP contribution in [0.25, 0.3) is 0 Å². The quantitative estimate of drug-likeness (QED) is 0.779. The maximum Gasteiger partial charge on any atom is 0.0209 e. The molecule has 3 atom stereocenters. The number of nitrogens with zero attached hydrogens (tertiary/aromatic N) is 1. The average molecular weight is 251 g/mol. The van der Waals surface area contributed by atoms with Crippen LogP contribution in [-0.4, -0.2) is 48.7 Å². The van der Waals surface area contributed by atoms with Crippen LogP contribution in [0, 0.1) is 0 Å². The Balaban J connectivity index is 1.36. The van der Waals surface area contributed by atoms with Gasteiger partial charge < -0.3 is 10.6 Å². The molecule has 3 aliphatic rings. The number of piperidine rings is 1. The summed E-state index contributed by atoms with van der Waals surface area (Å²) in [6.45, 7) is 6.23. The molecule has 18 heavy (non-hydrogen) atoms. The minimum atomic E-state index is 0.671. The van der Waals surface area contributed by atoms with Crippen molar-refractivity contribution in [2.75, 3.05) is 19.6 Å². The Hall–Kier alpha value is -0.120. The summed E-state index contributed by atoms with van der Waals surface area (Å²) in [4.78, 5) is 2.70. The summed E-state index contributed by atoms with van der Waals surface area (Å²) in [5.74, 6) is 0. The topological polar surface area (TPSA) is 27.3 Å². The highest BCUT2D eigenvalue weighted by Gasteiger charge is 2.34. The summed E-state index contributed by atoms with van der Waals surface area (Å²) >= 11 is 0. The van der Waals surface area contributed by atoms with E-state index in [1.807, 2.05) is 0 Å². The van der Waals surface area contributed by atoms with Gasteiger partial charge in [-0.3, -0.25) is 4.90 Å². The van der Waals surface area contributed by atoms with E-state index >= 15 is 0 Å². The van der Waals surface area contributed by atoms with Gasteiger partial charge in [0.15, 0.2) is 0 Å². The first kappa shape index (κ1) is 12.9. The molecule has 3 heteroatoms. The molecule has 2 aliphatic heterocycles. The van der Waals surface area contributed by atoms with Crippen molar-refractivity contribution in [3.63, 3.8) is 0 Å². The summed E-state index contributed by atoms with van der Waals surface area (Å²) in [6, 6.07) is 3.14. The highest BCUT2D eigenvalue weighted by Crippen LogP contribution is 2.29. The zero-order valence-electron chi connectivity index (χ0n) is 11.8. The van der Waals surface area contributed by atoms with E-state index in [4.69, 9.17) is 0 Å². The first-order chi connectivity index (χ1) is 8.81. The van der Waals surface area contributed by atoms with Crippen LogP contribution in [0.2, 0.25) is 0 Å². The second-order valence-electron chi connectivity index (χ2n) is 6.66. The fraction of sp³-hybridized carbons (Fsp3) is 1.00. The van der Waals surface area contributed by atoms with Crippen LogP contribution in [-0.2, 0) is 0 Å². The molecular weight excluding hydrogens is 222 g/mol. The zero-order valence-corrected chi connectivity index (χ0v) is 11.8. The standard InChI is InChI=1S/C15H29N3/c1-12(10-13-4-2-3-8-16-13)17-14-7-9-18(11-14)15-5-6-15/h12-17H,2-11H2,1H3. The van der Waals surface area contributed by atoms with E-state index in [-0.39, 0.29) is 0 Å². The van der Waals surface area contributed by atoms with Crippen LogP contribution < -0.4 is 10.6 Å². The smallest absolute Gasteiger partial charge is 0.0209 e. The molecule has 0 bridgehead atoms. The molecule has 104 valence electrons. The summed E-state index contributed by atoms with van der Waals surface area (Å²) in [7, 11) is 0. The summed E-state index contributed by atoms with van der Waals surface area (Å²) in [6.07, 6.45) is 9.74. The van der Waals surface area contributed by atoms with Crippen molar-refractivity contribution in [3.05, 3.63) is 0 Å². The Kier molecular flexibility index (Phi) is 4.22. The molecule has 3 unspecified atom stereocenters. The van der Waals surface area contributed by atoms with Gasteiger partial charge in [0.05, 0.1) is 0 Å². The fourth-order valence-corrected chi connectivity index (χ4v) is 3.72. The third-order valence-corrected chi connectivity index (χ3v) is 4.85. The number of hydrogen-bond acceptors (Lipinski definition) is 3. The van der Waals surface area contributed by atoms with E-state index in [9.17, 15) is 0 Å². The molecule has 2 N–H and O–H groups in total. The van der Waals surface area contributed by atoms with Gasteiger partial charge >= 0.3 is 0 Å². The van der Waals surface area contributed by atoms with Crippen LogP contribution in [0.3, 0.4) is 0 Å². The largest absolute Gasteiger partial charge is 0.314 e. The Morgan fingerprint density at radius 3 is 2.83 bits per heavy atom. The summed E-state index contributed by atoms with van der Waals surface area (Å²) in [5.41, 5.74) is 0. The molecule has 0 amide bonds. The Morgan fingerprint density at radius 1 is 1.22 bits per heavy atom. The van der Waals surface area contributed by atoms with Crippen LogP contribution in [0.5, 0.6) is 0 Å². The maximum atomic E-state index is 3.86. The van der Waals surface area contributed by atoms with Gasteiger partial charge in [-0.25, -0.2) is 0 Å². The lowest BCUT2D eigenvalue weighted by atomic mass is 9.98. The zero-order chi connectivity index (χ0) is 12.4. The van der Waals surface area contributed by atoms with Gasteiger partial charge in [0.1, 0.15) is 0 Å². The third-order valence-electron chi connectivity index (χ3n) is 4.85. The van der Waals surface area contributed by atoms with E-state index in [1.54, 1.807) is 0 Å². The molecule has 1 aliphatic carbocycles. The number of nitrogens with one attached hydrogen (secondary N) is 2. The molecular formula is C15H29N3. The lowest BCUT2D eigenvalue weighted by Gasteiger charge is -2.28. The molecule has 1 saturated carbocycles. The normalized spacial score (nSPS) is 35.8. The van der Waals surface area contributed by atoms with Crippen LogP contribution >= 0.6 is 0 Å². The first-order valence-electron chi connectivity index (χ1n) is 8.05. The third kappa shape index (κ3) is 3.46. The lowest BCUT2D eigenvalue weighted by Crippen LogP contribution is -2.44. The van der Waals surface area contributed by atoms with Gasteiger partial charge in [-0.1, -0.05) is 6.42 Å². The molecule has 3 fully saturated rings. The highest BCUT2D eigenvalue weighted by molar-refractivity contribution is 4.92. The van der Waals surface area contributed by atoms with Crippen molar-refractivity contribution >= 4 is 0 Å². The van der Waals surface area contributed by atoms with E-state index in [0.717, 1.165) is 18.1 Å². The Labute approximate surface area is 112 Å². The van der Waals surface area contributed by atoms with E-state index in [0.29, 0.717) is 6.04 Å². The SMILES string of the molecule is CC(CC1CCCCN1)NC1CCN(C2CC2)C1. The maximum absolute atomic E-state index is 3.86. The minimum absolute atomic E-state index is 0.671.